The first-order valence-electron chi connectivity index (χ1n) is 8.61. The number of aryl methyl sites for hydroxylation is 1. The minimum atomic E-state index is -3.60. The van der Waals surface area contributed by atoms with E-state index in [1.807, 2.05) is 17.5 Å². The molecule has 2 aromatic carbocycles. The zero-order valence-electron chi connectivity index (χ0n) is 14.5. The molecule has 1 aromatic heterocycles. The largest absolute Gasteiger partial charge is 0.321 e. The number of carbonyl (C=O) groups excluding carboxylic acids is 1. The summed E-state index contributed by atoms with van der Waals surface area (Å²) in [7, 11) is -3.60. The third-order valence-electron chi connectivity index (χ3n) is 4.49. The van der Waals surface area contributed by atoms with Gasteiger partial charge in [0.1, 0.15) is 0 Å². The Morgan fingerprint density at radius 1 is 1.04 bits per heavy atom. The molecule has 138 valence electrons. The SMILES string of the molecule is O=C(Nc1ccc2c(c1)CCCN2S(=O)(=O)c1ccccc1)c1cccs1. The fourth-order valence-electron chi connectivity index (χ4n) is 3.21. The van der Waals surface area contributed by atoms with Crippen LogP contribution < -0.4 is 9.62 Å². The summed E-state index contributed by atoms with van der Waals surface area (Å²) >= 11 is 1.38. The van der Waals surface area contributed by atoms with Crippen LogP contribution in [0.1, 0.15) is 21.7 Å². The van der Waals surface area contributed by atoms with Gasteiger partial charge in [0.2, 0.25) is 0 Å². The van der Waals surface area contributed by atoms with Crippen molar-refractivity contribution in [3.8, 4) is 0 Å². The lowest BCUT2D eigenvalue weighted by Gasteiger charge is -2.30. The van der Waals surface area contributed by atoms with Gasteiger partial charge in [-0.25, -0.2) is 8.42 Å². The molecule has 2 heterocycles. The zero-order chi connectivity index (χ0) is 18.9. The number of thiophene rings is 1. The average Bonchev–Trinajstić information content (AvgIpc) is 3.23. The third kappa shape index (κ3) is 3.48. The molecule has 27 heavy (non-hydrogen) atoms. The van der Waals surface area contributed by atoms with Gasteiger partial charge in [-0.05, 0) is 60.2 Å². The second-order valence-electron chi connectivity index (χ2n) is 6.27. The monoisotopic (exact) mass is 398 g/mol. The van der Waals surface area contributed by atoms with Gasteiger partial charge in [-0.1, -0.05) is 24.3 Å². The van der Waals surface area contributed by atoms with Crippen molar-refractivity contribution >= 4 is 38.6 Å². The molecule has 3 aromatic rings. The van der Waals surface area contributed by atoms with E-state index >= 15 is 0 Å². The van der Waals surface area contributed by atoms with Gasteiger partial charge in [0, 0.05) is 12.2 Å². The number of benzene rings is 2. The molecule has 1 aliphatic rings. The second kappa shape index (κ2) is 7.17. The molecule has 1 amide bonds. The Morgan fingerprint density at radius 3 is 2.59 bits per heavy atom. The number of fused-ring (bicyclic) bond motifs is 1. The first kappa shape index (κ1) is 17.8. The van der Waals surface area contributed by atoms with E-state index in [1.165, 1.54) is 15.6 Å². The molecule has 7 heteroatoms. The molecule has 1 aliphatic heterocycles. The smallest absolute Gasteiger partial charge is 0.265 e. The Bertz CT molecular complexity index is 1060. The highest BCUT2D eigenvalue weighted by Gasteiger charge is 2.29. The fraction of sp³-hybridized carbons (Fsp3) is 0.150. The van der Waals surface area contributed by atoms with Crippen LogP contribution in [0.5, 0.6) is 0 Å². The van der Waals surface area contributed by atoms with Gasteiger partial charge in [0.15, 0.2) is 0 Å². The Labute approximate surface area is 162 Å². The molecule has 5 nitrogen and oxygen atoms in total. The number of rotatable bonds is 4. The van der Waals surface area contributed by atoms with Crippen LogP contribution in [0, 0.1) is 0 Å². The number of sulfonamides is 1. The highest BCUT2D eigenvalue weighted by molar-refractivity contribution is 7.92. The van der Waals surface area contributed by atoms with Crippen molar-refractivity contribution in [2.45, 2.75) is 17.7 Å². The maximum Gasteiger partial charge on any atom is 0.265 e. The molecule has 1 N–H and O–H groups in total. The van der Waals surface area contributed by atoms with Gasteiger partial charge in [-0.2, -0.15) is 0 Å². The Morgan fingerprint density at radius 2 is 1.85 bits per heavy atom. The normalized spacial score (nSPS) is 13.9. The van der Waals surface area contributed by atoms with Crippen molar-refractivity contribution in [3.63, 3.8) is 0 Å². The van der Waals surface area contributed by atoms with E-state index in [4.69, 9.17) is 0 Å². The molecule has 4 rings (SSSR count). The molecule has 0 saturated heterocycles. The lowest BCUT2D eigenvalue weighted by Crippen LogP contribution is -2.35. The van der Waals surface area contributed by atoms with E-state index in [0.29, 0.717) is 22.8 Å². The highest BCUT2D eigenvalue weighted by atomic mass is 32.2. The van der Waals surface area contributed by atoms with Crippen molar-refractivity contribution in [2.75, 3.05) is 16.2 Å². The number of hydrogen-bond acceptors (Lipinski definition) is 4. The van der Waals surface area contributed by atoms with Crippen LogP contribution >= 0.6 is 11.3 Å². The van der Waals surface area contributed by atoms with E-state index in [9.17, 15) is 13.2 Å². The summed E-state index contributed by atoms with van der Waals surface area (Å²) in [6.07, 6.45) is 1.51. The van der Waals surface area contributed by atoms with Crippen molar-refractivity contribution < 1.29 is 13.2 Å². The van der Waals surface area contributed by atoms with Crippen molar-refractivity contribution in [1.82, 2.24) is 0 Å². The summed E-state index contributed by atoms with van der Waals surface area (Å²) in [5.41, 5.74) is 2.27. The molecular formula is C20H18N2O3S2. The molecule has 0 atom stereocenters. The standard InChI is InChI=1S/C20H18N2O3S2/c23-20(19-9-5-13-26-19)21-16-10-11-18-15(14-16)6-4-12-22(18)27(24,25)17-7-2-1-3-8-17/h1-3,5,7-11,13-14H,4,6,12H2,(H,21,23). The first-order chi connectivity index (χ1) is 13.1. The maximum absolute atomic E-state index is 13.0. The van der Waals surface area contributed by atoms with Crippen LogP contribution in [0.3, 0.4) is 0 Å². The fourth-order valence-corrected chi connectivity index (χ4v) is 5.39. The number of nitrogens with zero attached hydrogens (tertiary/aromatic N) is 1. The first-order valence-corrected chi connectivity index (χ1v) is 10.9. The van der Waals surface area contributed by atoms with Crippen LogP contribution in [0.4, 0.5) is 11.4 Å². The van der Waals surface area contributed by atoms with Crippen LogP contribution in [-0.2, 0) is 16.4 Å². The lowest BCUT2D eigenvalue weighted by atomic mass is 10.0. The van der Waals surface area contributed by atoms with Crippen molar-refractivity contribution in [3.05, 3.63) is 76.5 Å². The quantitative estimate of drug-likeness (QED) is 0.718. The maximum atomic E-state index is 13.0. The Balaban J connectivity index is 1.63. The Kier molecular flexibility index (Phi) is 4.72. The second-order valence-corrected chi connectivity index (χ2v) is 9.08. The number of amides is 1. The van der Waals surface area contributed by atoms with Crippen LogP contribution in [0.25, 0.3) is 0 Å². The van der Waals surface area contributed by atoms with Gasteiger partial charge in [-0.15, -0.1) is 11.3 Å². The molecule has 0 fully saturated rings. The number of carbonyl (C=O) groups is 1. The molecule has 0 spiro atoms. The lowest BCUT2D eigenvalue weighted by molar-refractivity contribution is 0.103. The van der Waals surface area contributed by atoms with E-state index in [1.54, 1.807) is 48.5 Å². The van der Waals surface area contributed by atoms with Crippen molar-refractivity contribution in [2.24, 2.45) is 0 Å². The summed E-state index contributed by atoms with van der Waals surface area (Å²) in [6, 6.07) is 17.5. The summed E-state index contributed by atoms with van der Waals surface area (Å²) in [5.74, 6) is -0.158. The average molecular weight is 399 g/mol. The van der Waals surface area contributed by atoms with E-state index in [2.05, 4.69) is 5.32 Å². The molecular weight excluding hydrogens is 380 g/mol. The highest BCUT2D eigenvalue weighted by Crippen LogP contribution is 2.33. The van der Waals surface area contributed by atoms with E-state index < -0.39 is 10.0 Å². The minimum Gasteiger partial charge on any atom is -0.321 e. The summed E-state index contributed by atoms with van der Waals surface area (Å²) in [6.45, 7) is 0.450. The molecule has 0 radical (unpaired) electrons. The third-order valence-corrected chi connectivity index (χ3v) is 7.19. The predicted octanol–water partition coefficient (Wildman–Crippen LogP) is 4.14. The van der Waals surface area contributed by atoms with Crippen LogP contribution in [0.15, 0.2) is 70.9 Å². The van der Waals surface area contributed by atoms with Gasteiger partial charge in [0.05, 0.1) is 15.5 Å². The predicted molar refractivity (Wildman–Crippen MR) is 108 cm³/mol. The van der Waals surface area contributed by atoms with Gasteiger partial charge < -0.3 is 5.32 Å². The topological polar surface area (TPSA) is 66.5 Å². The number of nitrogens with one attached hydrogen (secondary N) is 1. The van der Waals surface area contributed by atoms with E-state index in [0.717, 1.165) is 18.4 Å². The number of anilines is 2. The molecule has 0 aliphatic carbocycles. The van der Waals surface area contributed by atoms with Gasteiger partial charge >= 0.3 is 0 Å². The summed E-state index contributed by atoms with van der Waals surface area (Å²) in [4.78, 5) is 13.2. The number of hydrogen-bond donors (Lipinski definition) is 1. The van der Waals surface area contributed by atoms with Gasteiger partial charge in [-0.3, -0.25) is 9.10 Å². The minimum absolute atomic E-state index is 0.158. The molecule has 0 bridgehead atoms. The Hall–Kier alpha value is -2.64. The van der Waals surface area contributed by atoms with Crippen LogP contribution in [-0.4, -0.2) is 20.9 Å². The van der Waals surface area contributed by atoms with Gasteiger partial charge in [0.25, 0.3) is 15.9 Å². The zero-order valence-corrected chi connectivity index (χ0v) is 16.1. The summed E-state index contributed by atoms with van der Waals surface area (Å²) in [5, 5.41) is 4.74. The van der Waals surface area contributed by atoms with Crippen molar-refractivity contribution in [1.29, 1.82) is 0 Å². The summed E-state index contributed by atoms with van der Waals surface area (Å²) < 4.78 is 27.5. The molecule has 0 saturated carbocycles. The van der Waals surface area contributed by atoms with Crippen LogP contribution in [0.2, 0.25) is 0 Å². The van der Waals surface area contributed by atoms with E-state index in [-0.39, 0.29) is 10.8 Å². The molecule has 0 unspecified atom stereocenters.